The molecule has 11 heteroatoms. The summed E-state index contributed by atoms with van der Waals surface area (Å²) in [5.41, 5.74) is 0.532. The molecule has 0 radical (unpaired) electrons. The lowest BCUT2D eigenvalue weighted by atomic mass is 9.77. The summed E-state index contributed by atoms with van der Waals surface area (Å²) in [6.07, 6.45) is -2.66. The first kappa shape index (κ1) is 24.9. The van der Waals surface area contributed by atoms with E-state index in [-0.39, 0.29) is 27.4 Å². The van der Waals surface area contributed by atoms with Gasteiger partial charge < -0.3 is 20.6 Å². The summed E-state index contributed by atoms with van der Waals surface area (Å²) < 4.78 is 40.5. The van der Waals surface area contributed by atoms with E-state index in [4.69, 9.17) is 22.3 Å². The number of nitrogens with zero attached hydrogens (tertiary/aromatic N) is 3. The van der Waals surface area contributed by atoms with Crippen molar-refractivity contribution in [2.75, 3.05) is 18.9 Å². The maximum Gasteiger partial charge on any atom is 0.406 e. The molecule has 1 aliphatic rings. The largest absolute Gasteiger partial charge is 0.406 e. The first-order valence-electron chi connectivity index (χ1n) is 10.0. The molecule has 3 rings (SSSR count). The Morgan fingerprint density at radius 1 is 1.35 bits per heavy atom. The third-order valence-electron chi connectivity index (χ3n) is 5.32. The Morgan fingerprint density at radius 2 is 2.06 bits per heavy atom. The molecule has 0 fully saturated rings. The molecule has 0 aliphatic carbocycles. The lowest BCUT2D eigenvalue weighted by molar-refractivity contribution is -0.148. The Hall–Kier alpha value is -3.71. The highest BCUT2D eigenvalue weighted by Crippen LogP contribution is 2.39. The van der Waals surface area contributed by atoms with Crippen LogP contribution in [0.5, 0.6) is 0 Å². The van der Waals surface area contributed by atoms with Crippen molar-refractivity contribution in [2.24, 2.45) is 10.9 Å². The van der Waals surface area contributed by atoms with Crippen LogP contribution in [0.2, 0.25) is 5.02 Å². The van der Waals surface area contributed by atoms with Crippen molar-refractivity contribution >= 4 is 41.5 Å². The summed E-state index contributed by atoms with van der Waals surface area (Å²) in [7, 11) is 1.38. The molecule has 1 unspecified atom stereocenters. The number of halogens is 4. The third-order valence-corrected chi connectivity index (χ3v) is 5.54. The molecule has 2 aromatic rings. The van der Waals surface area contributed by atoms with E-state index >= 15 is 0 Å². The quantitative estimate of drug-likeness (QED) is 0.591. The fourth-order valence-corrected chi connectivity index (χ4v) is 4.30. The number of benzene rings is 2. The predicted octanol–water partition coefficient (Wildman–Crippen LogP) is 4.29. The zero-order valence-corrected chi connectivity index (χ0v) is 18.6. The first-order valence-corrected chi connectivity index (χ1v) is 10.4. The van der Waals surface area contributed by atoms with Crippen LogP contribution in [0.3, 0.4) is 0 Å². The molecule has 176 valence electrons. The Morgan fingerprint density at radius 3 is 2.68 bits per heavy atom. The molecule has 1 heterocycles. The van der Waals surface area contributed by atoms with Crippen molar-refractivity contribution in [1.82, 2.24) is 4.90 Å². The van der Waals surface area contributed by atoms with Crippen molar-refractivity contribution < 1.29 is 22.8 Å². The molecule has 34 heavy (non-hydrogen) atoms. The van der Waals surface area contributed by atoms with Crippen LogP contribution < -0.4 is 5.32 Å². The van der Waals surface area contributed by atoms with Gasteiger partial charge in [-0.2, -0.15) is 18.4 Å². The number of rotatable bonds is 6. The number of nitriles is 1. The maximum absolute atomic E-state index is 13.5. The number of carbonyl (C=O) groups excluding carboxylic acids is 2. The van der Waals surface area contributed by atoms with Gasteiger partial charge in [-0.05, 0) is 29.8 Å². The van der Waals surface area contributed by atoms with Crippen LogP contribution in [0, 0.1) is 22.7 Å². The average Bonchev–Trinajstić information content (AvgIpc) is 2.78. The first-order chi connectivity index (χ1) is 16.1. The molecule has 0 saturated carbocycles. The molecule has 0 aromatic heterocycles. The summed E-state index contributed by atoms with van der Waals surface area (Å²) in [4.78, 5) is 31.0. The fraction of sp³-hybridized carbons (Fsp3) is 0.261. The molecular weight excluding hydrogens is 471 g/mol. The van der Waals surface area contributed by atoms with E-state index in [0.29, 0.717) is 4.90 Å². The van der Waals surface area contributed by atoms with Crippen LogP contribution >= 0.6 is 11.6 Å². The number of anilines is 1. The molecule has 1 aliphatic heterocycles. The van der Waals surface area contributed by atoms with Gasteiger partial charge in [0.2, 0.25) is 5.91 Å². The molecule has 7 nitrogen and oxygen atoms in total. The van der Waals surface area contributed by atoms with Crippen molar-refractivity contribution in [1.29, 1.82) is 10.7 Å². The lowest BCUT2D eigenvalue weighted by Crippen LogP contribution is -2.57. The van der Waals surface area contributed by atoms with Gasteiger partial charge in [0, 0.05) is 35.8 Å². The normalized spacial score (nSPS) is 18.8. The highest BCUT2D eigenvalue weighted by Gasteiger charge is 2.49. The minimum Gasteiger partial charge on any atom is -0.325 e. The van der Waals surface area contributed by atoms with E-state index in [1.54, 1.807) is 6.07 Å². The lowest BCUT2D eigenvalue weighted by Gasteiger charge is -2.43. The number of hydrogen-bond donors (Lipinski definition) is 2. The third kappa shape index (κ3) is 5.26. The number of alkyl halides is 3. The highest BCUT2D eigenvalue weighted by atomic mass is 35.5. The number of amides is 2. The van der Waals surface area contributed by atoms with Gasteiger partial charge in [0.05, 0.1) is 29.5 Å². The summed E-state index contributed by atoms with van der Waals surface area (Å²) in [6.45, 7) is -1.60. The minimum atomic E-state index is -4.74. The second kappa shape index (κ2) is 10.1. The van der Waals surface area contributed by atoms with Crippen LogP contribution in [-0.2, 0) is 4.79 Å². The van der Waals surface area contributed by atoms with Gasteiger partial charge in [-0.15, -0.1) is 0 Å². The number of aliphatic imine (C=N–C) groups is 1. The molecule has 3 atom stereocenters. The maximum atomic E-state index is 13.5. The topological polar surface area (TPSA) is 109 Å². The van der Waals surface area contributed by atoms with Crippen molar-refractivity contribution in [3.05, 3.63) is 64.2 Å². The van der Waals surface area contributed by atoms with Gasteiger partial charge in [0.15, 0.2) is 0 Å². The Kier molecular flexibility index (Phi) is 7.37. The second-order valence-corrected chi connectivity index (χ2v) is 8.02. The van der Waals surface area contributed by atoms with Gasteiger partial charge in [-0.1, -0.05) is 29.8 Å². The molecule has 0 bridgehead atoms. The minimum absolute atomic E-state index is 0.0378. The molecular formula is C23H19ClF3N5O2. The standard InChI is InChI=1S/C23H19ClF3N5O2/c1-30-11-14(10-29)20-19(21(33)31-16-7-13(9-28)6-15(24)8-16)17-4-2-3-5-18(17)22(34)32(20)12-23(25,26)27/h2-8,10-11,14,19-20,29H,12H2,1H3,(H,31,33)/t14?,19-,20+/m1/s1. The Bertz CT molecular complexity index is 1190. The van der Waals surface area contributed by atoms with Crippen LogP contribution in [0.4, 0.5) is 18.9 Å². The van der Waals surface area contributed by atoms with E-state index in [1.807, 2.05) is 6.07 Å². The smallest absolute Gasteiger partial charge is 0.325 e. The van der Waals surface area contributed by atoms with E-state index in [9.17, 15) is 22.8 Å². The van der Waals surface area contributed by atoms with Crippen LogP contribution in [-0.4, -0.2) is 55.0 Å². The highest BCUT2D eigenvalue weighted by molar-refractivity contribution is 6.31. The fourth-order valence-electron chi connectivity index (χ4n) is 4.06. The summed E-state index contributed by atoms with van der Waals surface area (Å²) >= 11 is 6.01. The van der Waals surface area contributed by atoms with Crippen LogP contribution in [0.15, 0.2) is 47.5 Å². The van der Waals surface area contributed by atoms with Gasteiger partial charge in [0.1, 0.15) is 6.54 Å². The zero-order valence-electron chi connectivity index (χ0n) is 17.8. The van der Waals surface area contributed by atoms with Crippen molar-refractivity contribution in [2.45, 2.75) is 18.1 Å². The molecule has 2 N–H and O–H groups in total. The Labute approximate surface area is 198 Å². The average molecular weight is 490 g/mol. The van der Waals surface area contributed by atoms with Gasteiger partial charge in [-0.25, -0.2) is 0 Å². The number of hydrogen-bond acceptors (Lipinski definition) is 5. The summed E-state index contributed by atoms with van der Waals surface area (Å²) in [6, 6.07) is 10.6. The van der Waals surface area contributed by atoms with Crippen molar-refractivity contribution in [3.8, 4) is 6.07 Å². The Balaban J connectivity index is 2.17. The SMILES string of the molecule is CN=CC(C=N)[C@H]1[C@H](C(=O)Nc2cc(Cl)cc(C#N)c2)c2ccccc2C(=O)N1CC(F)(F)F. The van der Waals surface area contributed by atoms with Gasteiger partial charge in [-0.3, -0.25) is 9.59 Å². The monoisotopic (exact) mass is 489 g/mol. The molecule has 0 saturated heterocycles. The summed E-state index contributed by atoms with van der Waals surface area (Å²) in [5, 5.41) is 19.7. The van der Waals surface area contributed by atoms with Crippen LogP contribution in [0.25, 0.3) is 0 Å². The van der Waals surface area contributed by atoms with Crippen LogP contribution in [0.1, 0.15) is 27.4 Å². The second-order valence-electron chi connectivity index (χ2n) is 7.58. The number of carbonyl (C=O) groups is 2. The van der Waals surface area contributed by atoms with E-state index < -0.39 is 42.4 Å². The molecule has 0 spiro atoms. The van der Waals surface area contributed by atoms with E-state index in [0.717, 1.165) is 6.21 Å². The molecule has 2 aromatic carbocycles. The molecule has 2 amide bonds. The predicted molar refractivity (Wildman–Crippen MR) is 122 cm³/mol. The van der Waals surface area contributed by atoms with Gasteiger partial charge in [0.25, 0.3) is 5.91 Å². The summed E-state index contributed by atoms with van der Waals surface area (Å²) in [5.74, 6) is -3.97. The van der Waals surface area contributed by atoms with E-state index in [1.165, 1.54) is 49.7 Å². The van der Waals surface area contributed by atoms with Gasteiger partial charge >= 0.3 is 6.18 Å². The number of nitrogens with one attached hydrogen (secondary N) is 2. The van der Waals surface area contributed by atoms with E-state index in [2.05, 4.69) is 10.3 Å². The zero-order chi connectivity index (χ0) is 25.0. The van der Waals surface area contributed by atoms with Crippen molar-refractivity contribution in [3.63, 3.8) is 0 Å². The number of fused-ring (bicyclic) bond motifs is 1.